The van der Waals surface area contributed by atoms with Crippen molar-refractivity contribution < 1.29 is 14.6 Å². The maximum atomic E-state index is 12.7. The third-order valence-electron chi connectivity index (χ3n) is 4.93. The number of aliphatic hydroxyl groups is 1. The van der Waals surface area contributed by atoms with E-state index in [9.17, 15) is 9.90 Å². The molecule has 0 aliphatic carbocycles. The zero-order chi connectivity index (χ0) is 21.8. The molecule has 0 saturated carbocycles. The number of imidazole rings is 1. The van der Waals surface area contributed by atoms with Crippen molar-refractivity contribution in [2.24, 2.45) is 0 Å². The fraction of sp³-hybridized carbons (Fsp3) is 0.227. The van der Waals surface area contributed by atoms with Gasteiger partial charge in [-0.05, 0) is 30.2 Å². The molecule has 3 heterocycles. The Kier molecular flexibility index (Phi) is 6.20. The maximum absolute atomic E-state index is 12.7. The third kappa shape index (κ3) is 5.04. The van der Waals surface area contributed by atoms with Crippen LogP contribution < -0.4 is 10.6 Å². The number of carbonyl (C=O) groups excluding carboxylic acids is 1. The number of hydrogen-bond donors (Lipinski definition) is 3. The Labute approximate surface area is 184 Å². The maximum Gasteiger partial charge on any atom is 0.272 e. The van der Waals surface area contributed by atoms with Crippen LogP contribution in [0.3, 0.4) is 0 Å². The van der Waals surface area contributed by atoms with E-state index in [1.165, 1.54) is 0 Å². The molecule has 1 aliphatic rings. The van der Waals surface area contributed by atoms with Gasteiger partial charge >= 0.3 is 0 Å². The third-order valence-corrected chi connectivity index (χ3v) is 5.16. The molecule has 1 saturated heterocycles. The van der Waals surface area contributed by atoms with Crippen LogP contribution in [0.4, 0.5) is 5.82 Å². The quantitative estimate of drug-likeness (QED) is 0.485. The number of aromatic nitrogens is 3. The van der Waals surface area contributed by atoms with Gasteiger partial charge in [-0.3, -0.25) is 4.79 Å². The zero-order valence-electron chi connectivity index (χ0n) is 16.7. The largest absolute Gasteiger partial charge is 0.510 e. The number of nitrogens with zero attached hydrogens (tertiary/aromatic N) is 3. The smallest absolute Gasteiger partial charge is 0.272 e. The van der Waals surface area contributed by atoms with Crippen molar-refractivity contribution in [1.29, 1.82) is 0 Å². The molecule has 0 radical (unpaired) electrons. The van der Waals surface area contributed by atoms with E-state index in [1.807, 2.05) is 12.1 Å². The number of ether oxygens (including phenoxy) is 1. The van der Waals surface area contributed by atoms with Crippen molar-refractivity contribution in [1.82, 2.24) is 19.9 Å². The lowest BCUT2D eigenvalue weighted by molar-refractivity contribution is 0.0929. The molecule has 2 aromatic heterocycles. The highest BCUT2D eigenvalue weighted by molar-refractivity contribution is 6.30. The fourth-order valence-electron chi connectivity index (χ4n) is 3.35. The van der Waals surface area contributed by atoms with Crippen LogP contribution in [-0.4, -0.2) is 44.8 Å². The van der Waals surface area contributed by atoms with Gasteiger partial charge in [0.2, 0.25) is 0 Å². The van der Waals surface area contributed by atoms with Crippen LogP contribution in [0.25, 0.3) is 5.69 Å². The number of carbonyl (C=O) groups is 1. The summed E-state index contributed by atoms with van der Waals surface area (Å²) in [6, 6.07) is 10.00. The molecule has 1 aromatic carbocycles. The second-order valence-corrected chi connectivity index (χ2v) is 7.66. The van der Waals surface area contributed by atoms with E-state index in [0.29, 0.717) is 17.2 Å². The molecule has 1 amide bonds. The molecular formula is C22H22ClN5O3. The number of anilines is 1. The van der Waals surface area contributed by atoms with E-state index < -0.39 is 11.9 Å². The Morgan fingerprint density at radius 3 is 2.94 bits per heavy atom. The topological polar surface area (TPSA) is 101 Å². The number of nitrogens with one attached hydrogen (secondary N) is 2. The first kappa shape index (κ1) is 20.9. The lowest BCUT2D eigenvalue weighted by atomic mass is 10.1. The minimum atomic E-state index is -0.804. The summed E-state index contributed by atoms with van der Waals surface area (Å²) >= 11 is 6.03. The van der Waals surface area contributed by atoms with Gasteiger partial charge in [-0.25, -0.2) is 9.97 Å². The summed E-state index contributed by atoms with van der Waals surface area (Å²) in [5.41, 5.74) is 1.62. The van der Waals surface area contributed by atoms with Crippen LogP contribution >= 0.6 is 11.6 Å². The van der Waals surface area contributed by atoms with Crippen molar-refractivity contribution >= 4 is 23.3 Å². The lowest BCUT2D eigenvalue weighted by Gasteiger charge is -2.17. The van der Waals surface area contributed by atoms with Crippen LogP contribution in [0.1, 0.15) is 28.5 Å². The van der Waals surface area contributed by atoms with Gasteiger partial charge in [-0.1, -0.05) is 30.3 Å². The Bertz CT molecular complexity index is 1090. The van der Waals surface area contributed by atoms with Gasteiger partial charge in [0.15, 0.2) is 0 Å². The second-order valence-electron chi connectivity index (χ2n) is 7.22. The summed E-state index contributed by atoms with van der Waals surface area (Å²) in [6.07, 6.45) is 5.79. The first-order chi connectivity index (χ1) is 15.0. The van der Waals surface area contributed by atoms with Gasteiger partial charge in [0, 0.05) is 30.1 Å². The van der Waals surface area contributed by atoms with Crippen molar-refractivity contribution in [2.75, 3.05) is 18.5 Å². The molecule has 0 spiro atoms. The second kappa shape index (κ2) is 9.20. The molecule has 3 N–H and O–H groups in total. The Hall–Kier alpha value is -3.36. The molecule has 1 aliphatic heterocycles. The van der Waals surface area contributed by atoms with Gasteiger partial charge in [0.25, 0.3) is 5.91 Å². The summed E-state index contributed by atoms with van der Waals surface area (Å²) < 4.78 is 7.11. The first-order valence-electron chi connectivity index (χ1n) is 9.78. The Morgan fingerprint density at radius 2 is 2.19 bits per heavy atom. The van der Waals surface area contributed by atoms with Gasteiger partial charge in [0.1, 0.15) is 29.6 Å². The first-order valence-corrected chi connectivity index (χ1v) is 10.2. The monoisotopic (exact) mass is 439 g/mol. The van der Waals surface area contributed by atoms with Gasteiger partial charge in [0.05, 0.1) is 18.3 Å². The standard InChI is InChI=1S/C22H22ClN5O3/c1-14(29)21(15-3-2-4-16(23)9-15)27-22(30)19-11-28(13-25-19)18-5-7-24-20(10-18)26-17-6-8-31-12-17/h2-5,7,9-11,13,17,21,29H,1,6,8,12H2,(H,24,26)(H,27,30)/t17?,21-/m1/s1. The summed E-state index contributed by atoms with van der Waals surface area (Å²) in [5, 5.41) is 16.6. The van der Waals surface area contributed by atoms with Crippen molar-refractivity contribution in [2.45, 2.75) is 18.5 Å². The van der Waals surface area contributed by atoms with E-state index in [-0.39, 0.29) is 17.5 Å². The molecule has 0 bridgehead atoms. The Balaban J connectivity index is 1.49. The van der Waals surface area contributed by atoms with E-state index in [0.717, 1.165) is 24.5 Å². The lowest BCUT2D eigenvalue weighted by Crippen LogP contribution is -2.29. The van der Waals surface area contributed by atoms with Gasteiger partial charge in [-0.2, -0.15) is 0 Å². The van der Waals surface area contributed by atoms with E-state index >= 15 is 0 Å². The molecule has 9 heteroatoms. The van der Waals surface area contributed by atoms with Crippen molar-refractivity contribution in [3.05, 3.63) is 83.7 Å². The average molecular weight is 440 g/mol. The fourth-order valence-corrected chi connectivity index (χ4v) is 3.55. The molecule has 8 nitrogen and oxygen atoms in total. The number of aliphatic hydroxyl groups excluding tert-OH is 1. The minimum absolute atomic E-state index is 0.198. The van der Waals surface area contributed by atoms with E-state index in [4.69, 9.17) is 16.3 Å². The zero-order valence-corrected chi connectivity index (χ0v) is 17.4. The van der Waals surface area contributed by atoms with Crippen LogP contribution in [0.5, 0.6) is 0 Å². The van der Waals surface area contributed by atoms with Crippen LogP contribution in [0.15, 0.2) is 67.5 Å². The predicted octanol–water partition coefficient (Wildman–Crippen LogP) is 3.66. The van der Waals surface area contributed by atoms with Gasteiger partial charge < -0.3 is 25.0 Å². The molecule has 31 heavy (non-hydrogen) atoms. The number of pyridine rings is 1. The molecule has 3 aromatic rings. The van der Waals surface area contributed by atoms with E-state index in [1.54, 1.807) is 47.6 Å². The molecule has 1 unspecified atom stereocenters. The van der Waals surface area contributed by atoms with Crippen molar-refractivity contribution in [3.8, 4) is 5.69 Å². The summed E-state index contributed by atoms with van der Waals surface area (Å²) in [7, 11) is 0. The number of amides is 1. The number of halogens is 1. The molecule has 160 valence electrons. The number of benzene rings is 1. The van der Waals surface area contributed by atoms with E-state index in [2.05, 4.69) is 27.2 Å². The molecule has 2 atom stereocenters. The van der Waals surface area contributed by atoms with Crippen LogP contribution in [0, 0.1) is 0 Å². The summed E-state index contributed by atoms with van der Waals surface area (Å²) in [5.74, 6) is 0.0792. The molecular weight excluding hydrogens is 418 g/mol. The van der Waals surface area contributed by atoms with Crippen LogP contribution in [0.2, 0.25) is 5.02 Å². The highest BCUT2D eigenvalue weighted by atomic mass is 35.5. The summed E-state index contributed by atoms with van der Waals surface area (Å²) in [6.45, 7) is 4.96. The predicted molar refractivity (Wildman–Crippen MR) is 118 cm³/mol. The molecule has 1 fully saturated rings. The highest BCUT2D eigenvalue weighted by Crippen LogP contribution is 2.23. The van der Waals surface area contributed by atoms with Crippen molar-refractivity contribution in [3.63, 3.8) is 0 Å². The molecule has 4 rings (SSSR count). The highest BCUT2D eigenvalue weighted by Gasteiger charge is 2.21. The summed E-state index contributed by atoms with van der Waals surface area (Å²) in [4.78, 5) is 21.3. The normalized spacial score (nSPS) is 16.6. The number of hydrogen-bond acceptors (Lipinski definition) is 6. The Morgan fingerprint density at radius 1 is 1.32 bits per heavy atom. The SMILES string of the molecule is C=C(O)[C@@H](NC(=O)c1cn(-c2ccnc(NC3CCOC3)c2)cn1)c1cccc(Cl)c1. The number of rotatable bonds is 7. The minimum Gasteiger partial charge on any atom is -0.510 e. The average Bonchev–Trinajstić information content (AvgIpc) is 3.44. The van der Waals surface area contributed by atoms with Crippen LogP contribution in [-0.2, 0) is 4.74 Å². The van der Waals surface area contributed by atoms with Gasteiger partial charge in [-0.15, -0.1) is 0 Å².